The van der Waals surface area contributed by atoms with Crippen LogP contribution >= 0.6 is 0 Å². The van der Waals surface area contributed by atoms with Crippen LogP contribution in [-0.2, 0) is 4.79 Å². The zero-order chi connectivity index (χ0) is 12.0. The Morgan fingerprint density at radius 1 is 1.12 bits per heavy atom. The van der Waals surface area contributed by atoms with Crippen molar-refractivity contribution in [2.45, 2.75) is 12.8 Å². The molecule has 1 fully saturated rings. The second-order valence-corrected chi connectivity index (χ2v) is 4.59. The average molecular weight is 230 g/mol. The largest absolute Gasteiger partial charge is 0.371 e. The van der Waals surface area contributed by atoms with Crippen molar-refractivity contribution in [1.29, 1.82) is 0 Å². The summed E-state index contributed by atoms with van der Waals surface area (Å²) in [4.78, 5) is 26.9. The Labute approximate surface area is 99.8 Å². The van der Waals surface area contributed by atoms with Gasteiger partial charge in [0.05, 0.1) is 11.3 Å². The molecule has 0 bridgehead atoms. The van der Waals surface area contributed by atoms with E-state index < -0.39 is 11.7 Å². The maximum absolute atomic E-state index is 11.6. The fourth-order valence-corrected chi connectivity index (χ4v) is 2.54. The van der Waals surface area contributed by atoms with Gasteiger partial charge in [0.1, 0.15) is 0 Å². The number of amides is 1. The van der Waals surface area contributed by atoms with Crippen LogP contribution in [0.2, 0.25) is 0 Å². The van der Waals surface area contributed by atoms with Crippen LogP contribution in [0.3, 0.4) is 0 Å². The normalized spacial score (nSPS) is 19.1. The Morgan fingerprint density at radius 2 is 1.82 bits per heavy atom. The summed E-state index contributed by atoms with van der Waals surface area (Å²) >= 11 is 0. The molecule has 0 aliphatic carbocycles. The van der Waals surface area contributed by atoms with Gasteiger partial charge in [0.25, 0.3) is 11.7 Å². The van der Waals surface area contributed by atoms with Gasteiger partial charge in [-0.2, -0.15) is 0 Å². The smallest absolute Gasteiger partial charge is 0.299 e. The van der Waals surface area contributed by atoms with Crippen LogP contribution in [-0.4, -0.2) is 31.8 Å². The number of hydrogen-bond donors (Lipinski definition) is 0. The molecule has 0 radical (unpaired) electrons. The molecule has 0 saturated carbocycles. The van der Waals surface area contributed by atoms with Gasteiger partial charge in [-0.25, -0.2) is 0 Å². The first kappa shape index (κ1) is 10.3. The SMILES string of the molecule is CN1C(=O)C(=O)c2ccc(N3CCCC3)cc21. The van der Waals surface area contributed by atoms with Crippen molar-refractivity contribution in [2.75, 3.05) is 29.9 Å². The third kappa shape index (κ3) is 1.44. The summed E-state index contributed by atoms with van der Waals surface area (Å²) < 4.78 is 0. The summed E-state index contributed by atoms with van der Waals surface area (Å²) in [5, 5.41) is 0. The Balaban J connectivity index is 2.02. The summed E-state index contributed by atoms with van der Waals surface area (Å²) in [6.45, 7) is 2.12. The van der Waals surface area contributed by atoms with E-state index in [1.54, 1.807) is 13.1 Å². The van der Waals surface area contributed by atoms with Crippen molar-refractivity contribution < 1.29 is 9.59 Å². The molecule has 2 aliphatic rings. The van der Waals surface area contributed by atoms with Crippen molar-refractivity contribution >= 4 is 23.1 Å². The minimum Gasteiger partial charge on any atom is -0.371 e. The van der Waals surface area contributed by atoms with E-state index in [9.17, 15) is 9.59 Å². The van der Waals surface area contributed by atoms with E-state index in [-0.39, 0.29) is 0 Å². The number of Topliss-reactive ketones (excluding diaryl/α,β-unsaturated/α-hetero) is 1. The maximum atomic E-state index is 11.6. The van der Waals surface area contributed by atoms with E-state index in [2.05, 4.69) is 4.90 Å². The number of nitrogens with zero attached hydrogens (tertiary/aromatic N) is 2. The predicted octanol–water partition coefficient (Wildman–Crippen LogP) is 1.45. The number of ketones is 1. The van der Waals surface area contributed by atoms with Crippen LogP contribution in [0.25, 0.3) is 0 Å². The number of anilines is 2. The molecule has 17 heavy (non-hydrogen) atoms. The third-order valence-electron chi connectivity index (χ3n) is 3.56. The van der Waals surface area contributed by atoms with Crippen LogP contribution in [0.15, 0.2) is 18.2 Å². The summed E-state index contributed by atoms with van der Waals surface area (Å²) in [5.41, 5.74) is 2.38. The van der Waals surface area contributed by atoms with Gasteiger partial charge >= 0.3 is 0 Å². The van der Waals surface area contributed by atoms with E-state index in [4.69, 9.17) is 0 Å². The first-order valence-electron chi connectivity index (χ1n) is 5.90. The highest BCUT2D eigenvalue weighted by Gasteiger charge is 2.33. The van der Waals surface area contributed by atoms with Crippen molar-refractivity contribution in [3.05, 3.63) is 23.8 Å². The van der Waals surface area contributed by atoms with Crippen molar-refractivity contribution in [3.8, 4) is 0 Å². The van der Waals surface area contributed by atoms with E-state index in [1.165, 1.54) is 17.7 Å². The summed E-state index contributed by atoms with van der Waals surface area (Å²) in [6, 6.07) is 5.66. The first-order chi connectivity index (χ1) is 8.18. The van der Waals surface area contributed by atoms with Gasteiger partial charge in [0.2, 0.25) is 0 Å². The Kier molecular flexibility index (Phi) is 2.18. The minimum atomic E-state index is -0.432. The number of likely N-dealkylation sites (N-methyl/N-ethyl adjacent to an activating group) is 1. The number of carbonyl (C=O) groups is 2. The Bertz CT molecular complexity index is 504. The van der Waals surface area contributed by atoms with E-state index in [1.807, 2.05) is 12.1 Å². The van der Waals surface area contributed by atoms with Crippen molar-refractivity contribution in [3.63, 3.8) is 0 Å². The minimum absolute atomic E-state index is 0.393. The molecule has 0 unspecified atom stereocenters. The van der Waals surface area contributed by atoms with Crippen LogP contribution in [0.5, 0.6) is 0 Å². The highest BCUT2D eigenvalue weighted by atomic mass is 16.2. The summed E-state index contributed by atoms with van der Waals surface area (Å²) in [5.74, 6) is -0.825. The van der Waals surface area contributed by atoms with Crippen molar-refractivity contribution in [1.82, 2.24) is 0 Å². The fraction of sp³-hybridized carbons (Fsp3) is 0.385. The van der Waals surface area contributed by atoms with Crippen LogP contribution in [0, 0.1) is 0 Å². The summed E-state index contributed by atoms with van der Waals surface area (Å²) in [6.07, 6.45) is 2.43. The van der Waals surface area contributed by atoms with E-state index in [0.29, 0.717) is 5.56 Å². The molecule has 0 spiro atoms. The topological polar surface area (TPSA) is 40.6 Å². The maximum Gasteiger partial charge on any atom is 0.299 e. The Morgan fingerprint density at radius 3 is 2.53 bits per heavy atom. The van der Waals surface area contributed by atoms with Gasteiger partial charge in [-0.15, -0.1) is 0 Å². The van der Waals surface area contributed by atoms with E-state index in [0.717, 1.165) is 24.5 Å². The lowest BCUT2D eigenvalue weighted by molar-refractivity contribution is -0.114. The molecule has 4 nitrogen and oxygen atoms in total. The Hall–Kier alpha value is -1.84. The molecule has 2 aliphatic heterocycles. The zero-order valence-corrected chi connectivity index (χ0v) is 9.77. The average Bonchev–Trinajstić information content (AvgIpc) is 2.94. The van der Waals surface area contributed by atoms with Gasteiger partial charge in [-0.1, -0.05) is 0 Å². The number of rotatable bonds is 1. The highest BCUT2D eigenvalue weighted by Crippen LogP contribution is 2.32. The molecule has 1 saturated heterocycles. The second-order valence-electron chi connectivity index (χ2n) is 4.59. The molecular weight excluding hydrogens is 216 g/mol. The van der Waals surface area contributed by atoms with Gasteiger partial charge in [0, 0.05) is 25.8 Å². The monoisotopic (exact) mass is 230 g/mol. The van der Waals surface area contributed by atoms with Gasteiger partial charge < -0.3 is 9.80 Å². The second kappa shape index (κ2) is 3.58. The zero-order valence-electron chi connectivity index (χ0n) is 9.77. The molecule has 0 N–H and O–H groups in total. The van der Waals surface area contributed by atoms with Crippen LogP contribution in [0.4, 0.5) is 11.4 Å². The van der Waals surface area contributed by atoms with E-state index >= 15 is 0 Å². The molecule has 0 aromatic heterocycles. The molecule has 0 atom stereocenters. The third-order valence-corrected chi connectivity index (χ3v) is 3.56. The molecular formula is C13H14N2O2. The molecule has 1 amide bonds. The molecule has 2 heterocycles. The quantitative estimate of drug-likeness (QED) is 0.685. The lowest BCUT2D eigenvalue weighted by atomic mass is 10.1. The lowest BCUT2D eigenvalue weighted by Gasteiger charge is -2.19. The molecule has 1 aromatic rings. The van der Waals surface area contributed by atoms with Gasteiger partial charge in [0.15, 0.2) is 0 Å². The van der Waals surface area contributed by atoms with Gasteiger partial charge in [-0.05, 0) is 31.0 Å². The summed E-state index contributed by atoms with van der Waals surface area (Å²) in [7, 11) is 1.65. The molecule has 3 rings (SSSR count). The molecule has 4 heteroatoms. The molecule has 88 valence electrons. The van der Waals surface area contributed by atoms with Crippen molar-refractivity contribution in [2.24, 2.45) is 0 Å². The molecule has 1 aromatic carbocycles. The fourth-order valence-electron chi connectivity index (χ4n) is 2.54. The highest BCUT2D eigenvalue weighted by molar-refractivity contribution is 6.52. The number of fused-ring (bicyclic) bond motifs is 1. The standard InChI is InChI=1S/C13H14N2O2/c1-14-11-8-9(15-6-2-3-7-15)4-5-10(11)12(16)13(14)17/h4-5,8H,2-3,6-7H2,1H3. The predicted molar refractivity (Wildman–Crippen MR) is 65.6 cm³/mol. The van der Waals surface area contributed by atoms with Crippen LogP contribution in [0.1, 0.15) is 23.2 Å². The van der Waals surface area contributed by atoms with Gasteiger partial charge in [-0.3, -0.25) is 9.59 Å². The lowest BCUT2D eigenvalue weighted by Crippen LogP contribution is -2.25. The number of hydrogen-bond acceptors (Lipinski definition) is 3. The first-order valence-corrected chi connectivity index (χ1v) is 5.90. The number of carbonyl (C=O) groups excluding carboxylic acids is 2. The van der Waals surface area contributed by atoms with Crippen LogP contribution < -0.4 is 9.80 Å². The number of benzene rings is 1.